The second-order valence-corrected chi connectivity index (χ2v) is 14.8. The molecule has 10 heteroatoms. The van der Waals surface area contributed by atoms with Crippen LogP contribution in [0.4, 0.5) is 21.9 Å². The van der Waals surface area contributed by atoms with Gasteiger partial charge in [0.1, 0.15) is 5.60 Å². The fourth-order valence-corrected chi connectivity index (χ4v) is 8.18. The van der Waals surface area contributed by atoms with Crippen molar-refractivity contribution in [2.24, 2.45) is 4.99 Å². The Morgan fingerprint density at radius 3 is 2.31 bits per heavy atom. The van der Waals surface area contributed by atoms with E-state index in [0.29, 0.717) is 26.3 Å². The quantitative estimate of drug-likeness (QED) is 0.256. The number of nitrogens with zero attached hydrogens (tertiary/aromatic N) is 4. The van der Waals surface area contributed by atoms with Crippen LogP contribution in [0, 0.1) is 4.51 Å². The maximum Gasteiger partial charge on any atom is 0.410 e. The van der Waals surface area contributed by atoms with Gasteiger partial charge in [-0.25, -0.2) is 9.79 Å². The number of fused-ring (bicyclic) bond motifs is 2. The lowest BCUT2D eigenvalue weighted by molar-refractivity contribution is 0.0240. The van der Waals surface area contributed by atoms with Crippen LogP contribution in [0.25, 0.3) is 0 Å². The minimum atomic E-state index is -0.481. The molecule has 0 spiro atoms. The Morgan fingerprint density at radius 2 is 1.72 bits per heavy atom. The number of hydrogen-bond donors (Lipinski definition) is 0. The van der Waals surface area contributed by atoms with E-state index in [9.17, 15) is 4.79 Å². The molecule has 1 unspecified atom stereocenters. The zero-order valence-electron chi connectivity index (χ0n) is 24.0. The Balaban J connectivity index is 1.62. The highest BCUT2D eigenvalue weighted by molar-refractivity contribution is 14.2. The number of carbonyl (C=O) groups is 1. The van der Waals surface area contributed by atoms with E-state index in [0.717, 1.165) is 43.6 Å². The molecule has 0 N–H and O–H groups in total. The summed E-state index contributed by atoms with van der Waals surface area (Å²) in [6.45, 7) is 13.7. The predicted octanol–water partition coefficient (Wildman–Crippen LogP) is 5.60. The standard InChI is InChI=1S/C29H41IN4O4S/c1-7-21-18-23(33(14-16-36-5)15-17-37-6)20-26-27(21)31-24-9-8-22(19-25(24)39(26)30)32-10-12-34(13-11-32)28(35)38-29(2,3)4/h8-9,18-20H,7,10-17H2,1-6H3. The fourth-order valence-electron chi connectivity index (χ4n) is 4.79. The van der Waals surface area contributed by atoms with E-state index in [4.69, 9.17) is 19.2 Å². The largest absolute Gasteiger partial charge is 0.444 e. The van der Waals surface area contributed by atoms with Crippen molar-refractivity contribution in [2.75, 3.05) is 76.5 Å². The van der Waals surface area contributed by atoms with Crippen molar-refractivity contribution in [2.45, 2.75) is 44.6 Å². The molecule has 2 aliphatic heterocycles. The first-order valence-corrected chi connectivity index (χ1v) is 17.3. The molecule has 4 rings (SSSR count). The number of benzene rings is 2. The average Bonchev–Trinajstić information content (AvgIpc) is 2.92. The molecule has 1 amide bonds. The van der Waals surface area contributed by atoms with Crippen LogP contribution in [0.5, 0.6) is 0 Å². The van der Waals surface area contributed by atoms with Gasteiger partial charge in [-0.15, -0.1) is 0 Å². The molecule has 0 saturated carbocycles. The van der Waals surface area contributed by atoms with E-state index < -0.39 is 5.60 Å². The molecule has 0 bridgehead atoms. The summed E-state index contributed by atoms with van der Waals surface area (Å²) in [7, 11) is 3.33. The van der Waals surface area contributed by atoms with Crippen LogP contribution >= 0.6 is 28.9 Å². The molecule has 0 radical (unpaired) electrons. The minimum absolute atomic E-state index is 0.155. The molecule has 2 aromatic carbocycles. The molecule has 1 atom stereocenters. The lowest BCUT2D eigenvalue weighted by Gasteiger charge is -2.36. The molecule has 39 heavy (non-hydrogen) atoms. The van der Waals surface area contributed by atoms with E-state index in [1.54, 1.807) is 19.1 Å². The summed E-state index contributed by atoms with van der Waals surface area (Å²) in [5, 5.41) is 1.05. The summed E-state index contributed by atoms with van der Waals surface area (Å²) < 4.78 is 17.6. The number of halogens is 1. The van der Waals surface area contributed by atoms with Crippen LogP contribution in [-0.2, 0) is 20.6 Å². The van der Waals surface area contributed by atoms with Crippen molar-refractivity contribution in [3.05, 3.63) is 45.8 Å². The monoisotopic (exact) mass is 668 g/mol. The molecule has 1 saturated heterocycles. The zero-order valence-corrected chi connectivity index (χ0v) is 26.9. The van der Waals surface area contributed by atoms with Crippen molar-refractivity contribution < 1.29 is 19.0 Å². The number of ether oxygens (including phenoxy) is 3. The van der Waals surface area contributed by atoms with Gasteiger partial charge in [0, 0.05) is 74.3 Å². The van der Waals surface area contributed by atoms with E-state index in [1.165, 1.54) is 26.3 Å². The van der Waals surface area contributed by atoms with Crippen molar-refractivity contribution in [3.8, 4) is 0 Å². The third kappa shape index (κ3) is 7.25. The normalized spacial score (nSPS) is 16.8. The lowest BCUT2D eigenvalue weighted by Crippen LogP contribution is -2.50. The minimum Gasteiger partial charge on any atom is -0.444 e. The summed E-state index contributed by atoms with van der Waals surface area (Å²) >= 11 is 2.59. The van der Waals surface area contributed by atoms with E-state index in [1.807, 2.05) is 20.8 Å². The summed E-state index contributed by atoms with van der Waals surface area (Å²) in [5.41, 5.74) is 4.28. The van der Waals surface area contributed by atoms with Gasteiger partial charge in [0.05, 0.1) is 24.3 Å². The van der Waals surface area contributed by atoms with Gasteiger partial charge in [-0.05, 0) is 84.3 Å². The van der Waals surface area contributed by atoms with Crippen molar-refractivity contribution in [1.82, 2.24) is 4.90 Å². The van der Waals surface area contributed by atoms with Crippen LogP contribution in [0.3, 0.4) is 0 Å². The van der Waals surface area contributed by atoms with Gasteiger partial charge >= 0.3 is 6.09 Å². The van der Waals surface area contributed by atoms with Crippen LogP contribution in [0.2, 0.25) is 0 Å². The predicted molar refractivity (Wildman–Crippen MR) is 168 cm³/mol. The van der Waals surface area contributed by atoms with Crippen LogP contribution in [-0.4, -0.2) is 83.3 Å². The van der Waals surface area contributed by atoms with Crippen LogP contribution in [0.15, 0.2) is 40.2 Å². The first-order chi connectivity index (χ1) is 18.6. The lowest BCUT2D eigenvalue weighted by atomic mass is 10.1. The maximum absolute atomic E-state index is 12.5. The highest BCUT2D eigenvalue weighted by Gasteiger charge is 2.26. The molecule has 0 aromatic heterocycles. The molecule has 2 aliphatic rings. The number of aryl methyl sites for hydroxylation is 1. The van der Waals surface area contributed by atoms with Gasteiger partial charge in [0.2, 0.25) is 0 Å². The van der Waals surface area contributed by atoms with E-state index in [2.05, 4.69) is 68.3 Å². The smallest absolute Gasteiger partial charge is 0.410 e. The van der Waals surface area contributed by atoms with Crippen LogP contribution < -0.4 is 15.2 Å². The number of piperazine rings is 1. The van der Waals surface area contributed by atoms with Gasteiger partial charge in [-0.1, -0.05) is 14.6 Å². The SMILES string of the molecule is CCc1cc(N(CCOC)CCOC)cc2c1N=c1ccc(N3CCN(C(=O)OC(C)(C)C)CC3)cc1=S2I. The topological polar surface area (TPSA) is 66.8 Å². The number of anilines is 2. The van der Waals surface area contributed by atoms with Gasteiger partial charge in [0.15, 0.2) is 0 Å². The Kier molecular flexibility index (Phi) is 10.2. The highest BCUT2D eigenvalue weighted by atomic mass is 127. The van der Waals surface area contributed by atoms with Gasteiger partial charge < -0.3 is 28.9 Å². The molecule has 214 valence electrons. The molecular weight excluding hydrogens is 627 g/mol. The molecule has 8 nitrogen and oxygen atoms in total. The Labute approximate surface area is 246 Å². The third-order valence-electron chi connectivity index (χ3n) is 6.87. The first kappa shape index (κ1) is 30.1. The van der Waals surface area contributed by atoms with E-state index in [-0.39, 0.29) is 13.7 Å². The van der Waals surface area contributed by atoms with Gasteiger partial charge in [-0.2, -0.15) is 0 Å². The number of methoxy groups -OCH3 is 2. The first-order valence-electron chi connectivity index (χ1n) is 13.5. The molecular formula is C29H41IN4O4S. The fraction of sp³-hybridized carbons (Fsp3) is 0.552. The average molecular weight is 669 g/mol. The Morgan fingerprint density at radius 1 is 1.05 bits per heavy atom. The zero-order chi connectivity index (χ0) is 28.2. The number of rotatable bonds is 9. The molecule has 2 aromatic rings. The molecule has 2 heterocycles. The Hall–Kier alpha value is -1.89. The highest BCUT2D eigenvalue weighted by Crippen LogP contribution is 2.48. The summed E-state index contributed by atoms with van der Waals surface area (Å²) in [5.74, 6) is 0. The van der Waals surface area contributed by atoms with Crippen molar-refractivity contribution >= 4 is 52.0 Å². The summed E-state index contributed by atoms with van der Waals surface area (Å²) in [6.07, 6.45) is 0.690. The molecule has 1 fully saturated rings. The molecule has 0 aliphatic carbocycles. The second-order valence-electron chi connectivity index (χ2n) is 10.8. The Bertz CT molecular complexity index is 1300. The van der Waals surface area contributed by atoms with Gasteiger partial charge in [-0.3, -0.25) is 0 Å². The number of carbonyl (C=O) groups excluding carboxylic acids is 1. The second kappa shape index (κ2) is 13.2. The van der Waals surface area contributed by atoms with Crippen molar-refractivity contribution in [1.29, 1.82) is 0 Å². The number of hydrogen-bond acceptors (Lipinski definition) is 7. The third-order valence-corrected chi connectivity index (χ3v) is 11.1. The maximum atomic E-state index is 12.5. The number of amides is 1. The van der Waals surface area contributed by atoms with E-state index >= 15 is 0 Å². The summed E-state index contributed by atoms with van der Waals surface area (Å²) in [6, 6.07) is 11.2. The van der Waals surface area contributed by atoms with Gasteiger partial charge in [0.25, 0.3) is 0 Å². The summed E-state index contributed by atoms with van der Waals surface area (Å²) in [4.78, 5) is 25.5. The van der Waals surface area contributed by atoms with Crippen molar-refractivity contribution in [3.63, 3.8) is 0 Å². The van der Waals surface area contributed by atoms with Crippen LogP contribution in [0.1, 0.15) is 33.3 Å².